The number of benzene rings is 1. The Balaban J connectivity index is 1.35. The number of hydrogen-bond acceptors (Lipinski definition) is 5. The number of carbonyl (C=O) groups excluding carboxylic acids is 1. The predicted octanol–water partition coefficient (Wildman–Crippen LogP) is 4.56. The fraction of sp³-hybridized carbons (Fsp3) is 0.308. The van der Waals surface area contributed by atoms with Gasteiger partial charge >= 0.3 is 0 Å². The number of hydrogen-bond donors (Lipinski definition) is 0. The number of likely N-dealkylation sites (tertiary alicyclic amines) is 1. The SMILES string of the molecule is Cc1ccccc1OCCC(=O)N1CCCC1c1ccc2c(C)nn(-c3ccccn3)c2n1. The topological polar surface area (TPSA) is 73.1 Å². The molecule has 0 radical (unpaired) electrons. The quantitative estimate of drug-likeness (QED) is 0.438. The summed E-state index contributed by atoms with van der Waals surface area (Å²) < 4.78 is 7.63. The van der Waals surface area contributed by atoms with E-state index in [1.807, 2.05) is 67.3 Å². The van der Waals surface area contributed by atoms with Crippen molar-refractivity contribution in [1.29, 1.82) is 0 Å². The van der Waals surface area contributed by atoms with Crippen LogP contribution in [0.4, 0.5) is 0 Å². The highest BCUT2D eigenvalue weighted by molar-refractivity contribution is 5.80. The number of rotatable bonds is 6. The van der Waals surface area contributed by atoms with Crippen molar-refractivity contribution in [3.8, 4) is 11.6 Å². The van der Waals surface area contributed by atoms with Gasteiger partial charge in [-0.05, 0) is 62.6 Å². The fourth-order valence-electron chi connectivity index (χ4n) is 4.47. The molecular weight excluding hydrogens is 414 g/mol. The molecule has 1 aromatic carbocycles. The van der Waals surface area contributed by atoms with E-state index < -0.39 is 0 Å². The Bertz CT molecular complexity index is 1280. The molecule has 1 atom stereocenters. The summed E-state index contributed by atoms with van der Waals surface area (Å²) in [6, 6.07) is 17.6. The highest BCUT2D eigenvalue weighted by atomic mass is 16.5. The summed E-state index contributed by atoms with van der Waals surface area (Å²) in [6.45, 7) is 5.09. The second-order valence-electron chi connectivity index (χ2n) is 8.40. The Labute approximate surface area is 193 Å². The van der Waals surface area contributed by atoms with E-state index in [2.05, 4.69) is 16.1 Å². The van der Waals surface area contributed by atoms with E-state index in [0.717, 1.165) is 58.9 Å². The summed E-state index contributed by atoms with van der Waals surface area (Å²) in [4.78, 5) is 24.4. The largest absolute Gasteiger partial charge is 0.493 e. The third-order valence-corrected chi connectivity index (χ3v) is 6.19. The van der Waals surface area contributed by atoms with Crippen LogP contribution in [0, 0.1) is 13.8 Å². The highest BCUT2D eigenvalue weighted by Gasteiger charge is 2.31. The maximum Gasteiger partial charge on any atom is 0.226 e. The molecular formula is C26H27N5O2. The van der Waals surface area contributed by atoms with Crippen molar-refractivity contribution in [2.24, 2.45) is 0 Å². The number of amides is 1. The van der Waals surface area contributed by atoms with Crippen molar-refractivity contribution in [1.82, 2.24) is 24.6 Å². The number of fused-ring (bicyclic) bond motifs is 1. The Hall–Kier alpha value is -3.74. The zero-order valence-corrected chi connectivity index (χ0v) is 18.9. The summed E-state index contributed by atoms with van der Waals surface area (Å²) in [6.07, 6.45) is 3.96. The summed E-state index contributed by atoms with van der Waals surface area (Å²) >= 11 is 0. The first kappa shape index (κ1) is 21.1. The number of aryl methyl sites for hydroxylation is 2. The summed E-state index contributed by atoms with van der Waals surface area (Å²) in [5.41, 5.74) is 3.64. The zero-order chi connectivity index (χ0) is 22.8. The average molecular weight is 442 g/mol. The van der Waals surface area contributed by atoms with Crippen LogP contribution in [0.2, 0.25) is 0 Å². The number of nitrogens with zero attached hydrogens (tertiary/aromatic N) is 5. The van der Waals surface area contributed by atoms with Crippen molar-refractivity contribution in [2.75, 3.05) is 13.2 Å². The second-order valence-corrected chi connectivity index (χ2v) is 8.40. The maximum absolute atomic E-state index is 13.1. The number of carbonyl (C=O) groups is 1. The fourth-order valence-corrected chi connectivity index (χ4v) is 4.47. The number of para-hydroxylation sites is 1. The molecule has 1 aliphatic heterocycles. The average Bonchev–Trinajstić information content (AvgIpc) is 3.46. The molecule has 3 aromatic heterocycles. The van der Waals surface area contributed by atoms with Crippen molar-refractivity contribution in [3.05, 3.63) is 77.7 Å². The van der Waals surface area contributed by atoms with E-state index in [1.165, 1.54) is 0 Å². The first-order valence-corrected chi connectivity index (χ1v) is 11.4. The van der Waals surface area contributed by atoms with Gasteiger partial charge in [0.25, 0.3) is 0 Å². The van der Waals surface area contributed by atoms with Gasteiger partial charge in [0, 0.05) is 18.1 Å². The molecule has 4 aromatic rings. The van der Waals surface area contributed by atoms with Crippen LogP contribution < -0.4 is 4.74 Å². The van der Waals surface area contributed by atoms with Gasteiger partial charge in [-0.25, -0.2) is 9.97 Å². The van der Waals surface area contributed by atoms with Crippen LogP contribution in [-0.4, -0.2) is 43.7 Å². The van der Waals surface area contributed by atoms with Crippen LogP contribution in [0.3, 0.4) is 0 Å². The van der Waals surface area contributed by atoms with E-state index in [0.29, 0.717) is 13.0 Å². The zero-order valence-electron chi connectivity index (χ0n) is 18.9. The van der Waals surface area contributed by atoms with Crippen molar-refractivity contribution in [2.45, 2.75) is 39.2 Å². The van der Waals surface area contributed by atoms with Crippen LogP contribution in [0.15, 0.2) is 60.8 Å². The summed E-state index contributed by atoms with van der Waals surface area (Å²) in [5, 5.41) is 5.65. The maximum atomic E-state index is 13.1. The van der Waals surface area contributed by atoms with Crippen LogP contribution in [0.5, 0.6) is 5.75 Å². The molecule has 5 rings (SSSR count). The first-order valence-electron chi connectivity index (χ1n) is 11.4. The monoisotopic (exact) mass is 441 g/mol. The molecule has 7 heteroatoms. The highest BCUT2D eigenvalue weighted by Crippen LogP contribution is 2.33. The van der Waals surface area contributed by atoms with Crippen LogP contribution in [-0.2, 0) is 4.79 Å². The smallest absolute Gasteiger partial charge is 0.226 e. The molecule has 0 spiro atoms. The van der Waals surface area contributed by atoms with Gasteiger partial charge in [-0.3, -0.25) is 4.79 Å². The second kappa shape index (κ2) is 9.02. The number of ether oxygens (including phenoxy) is 1. The minimum Gasteiger partial charge on any atom is -0.493 e. The standard InChI is InChI=1S/C26H27N5O2/c1-18-8-3-4-10-23(18)33-17-14-25(32)30-16-7-9-22(30)21-13-12-20-19(2)29-31(26(20)28-21)24-11-5-6-15-27-24/h3-6,8,10-13,15,22H,7,9,14,16-17H2,1-2H3. The molecule has 4 heterocycles. The molecule has 1 unspecified atom stereocenters. The van der Waals surface area contributed by atoms with Gasteiger partial charge in [-0.15, -0.1) is 0 Å². The lowest BCUT2D eigenvalue weighted by Crippen LogP contribution is -2.32. The van der Waals surface area contributed by atoms with Crippen LogP contribution in [0.25, 0.3) is 16.9 Å². The third kappa shape index (κ3) is 4.18. The van der Waals surface area contributed by atoms with Crippen LogP contribution >= 0.6 is 0 Å². The molecule has 0 saturated carbocycles. The molecule has 0 aliphatic carbocycles. The van der Waals surface area contributed by atoms with Gasteiger partial charge in [-0.2, -0.15) is 9.78 Å². The summed E-state index contributed by atoms with van der Waals surface area (Å²) in [7, 11) is 0. The predicted molar refractivity (Wildman–Crippen MR) is 126 cm³/mol. The van der Waals surface area contributed by atoms with E-state index in [9.17, 15) is 4.79 Å². The Kier molecular flexibility index (Phi) is 5.77. The molecule has 168 valence electrons. The molecule has 33 heavy (non-hydrogen) atoms. The van der Waals surface area contributed by atoms with Crippen molar-refractivity contribution in [3.63, 3.8) is 0 Å². The van der Waals surface area contributed by atoms with E-state index >= 15 is 0 Å². The van der Waals surface area contributed by atoms with Crippen LogP contribution in [0.1, 0.15) is 42.3 Å². The van der Waals surface area contributed by atoms with Gasteiger partial charge in [-0.1, -0.05) is 24.3 Å². The first-order chi connectivity index (χ1) is 16.1. The molecule has 0 N–H and O–H groups in total. The van der Waals surface area contributed by atoms with Crippen molar-refractivity contribution >= 4 is 16.9 Å². The Morgan fingerprint density at radius 1 is 1.09 bits per heavy atom. The van der Waals surface area contributed by atoms with Gasteiger partial charge in [0.2, 0.25) is 5.91 Å². The Morgan fingerprint density at radius 3 is 2.76 bits per heavy atom. The lowest BCUT2D eigenvalue weighted by molar-refractivity contribution is -0.132. The minimum atomic E-state index is -0.0345. The molecule has 1 amide bonds. The minimum absolute atomic E-state index is 0.0345. The van der Waals surface area contributed by atoms with Gasteiger partial charge in [0.1, 0.15) is 5.75 Å². The van der Waals surface area contributed by atoms with E-state index in [4.69, 9.17) is 9.72 Å². The van der Waals surface area contributed by atoms with Gasteiger partial charge < -0.3 is 9.64 Å². The lowest BCUT2D eigenvalue weighted by Gasteiger charge is -2.24. The van der Waals surface area contributed by atoms with E-state index in [1.54, 1.807) is 10.9 Å². The van der Waals surface area contributed by atoms with Gasteiger partial charge in [0.05, 0.1) is 30.5 Å². The van der Waals surface area contributed by atoms with Gasteiger partial charge in [0.15, 0.2) is 11.5 Å². The molecule has 0 bridgehead atoms. The normalized spacial score (nSPS) is 15.8. The lowest BCUT2D eigenvalue weighted by atomic mass is 10.1. The molecule has 1 aliphatic rings. The van der Waals surface area contributed by atoms with E-state index in [-0.39, 0.29) is 11.9 Å². The molecule has 7 nitrogen and oxygen atoms in total. The number of aromatic nitrogens is 4. The molecule has 1 saturated heterocycles. The summed E-state index contributed by atoms with van der Waals surface area (Å²) in [5.74, 6) is 1.66. The number of pyridine rings is 2. The van der Waals surface area contributed by atoms with Crippen molar-refractivity contribution < 1.29 is 9.53 Å². The molecule has 1 fully saturated rings. The third-order valence-electron chi connectivity index (χ3n) is 6.19. The Morgan fingerprint density at radius 2 is 1.94 bits per heavy atom.